The Morgan fingerprint density at radius 1 is 1.44 bits per heavy atom. The predicted molar refractivity (Wildman–Crippen MR) is 63.6 cm³/mol. The number of rotatable bonds is 2. The zero-order valence-corrected chi connectivity index (χ0v) is 10.4. The molecule has 0 saturated heterocycles. The van der Waals surface area contributed by atoms with E-state index in [4.69, 9.17) is 9.76 Å². The van der Waals surface area contributed by atoms with Crippen molar-refractivity contribution in [2.24, 2.45) is 0 Å². The molecule has 0 fully saturated rings. The maximum atomic E-state index is 11.5. The summed E-state index contributed by atoms with van der Waals surface area (Å²) in [6, 6.07) is 2.78. The molecule has 1 heterocycles. The number of benzene rings is 1. The van der Waals surface area contributed by atoms with Gasteiger partial charge in [0.15, 0.2) is 9.84 Å². The lowest BCUT2D eigenvalue weighted by Crippen LogP contribution is -2.28. The van der Waals surface area contributed by atoms with E-state index in [1.807, 2.05) is 0 Å². The summed E-state index contributed by atoms with van der Waals surface area (Å²) in [4.78, 5) is 10.9. The number of sulfone groups is 1. The normalized spacial score (nSPS) is 14.9. The number of fused-ring (bicyclic) bond motifs is 1. The van der Waals surface area contributed by atoms with Gasteiger partial charge < -0.3 is 14.8 Å². The molecule has 0 aliphatic carbocycles. The molecule has 0 unspecified atom stereocenters. The van der Waals surface area contributed by atoms with Crippen molar-refractivity contribution in [3.8, 4) is 5.75 Å². The van der Waals surface area contributed by atoms with Gasteiger partial charge in [-0.15, -0.1) is 0 Å². The minimum absolute atomic E-state index is 0.0517. The molecular formula is C10H11BO6S. The second-order valence-electron chi connectivity index (χ2n) is 4.12. The van der Waals surface area contributed by atoms with Crippen LogP contribution in [-0.2, 0) is 16.3 Å². The van der Waals surface area contributed by atoms with Gasteiger partial charge in [0.1, 0.15) is 11.3 Å². The average Bonchev–Trinajstić information content (AvgIpc) is 2.25. The molecule has 8 heteroatoms. The van der Waals surface area contributed by atoms with Gasteiger partial charge >= 0.3 is 13.1 Å². The van der Waals surface area contributed by atoms with Gasteiger partial charge in [-0.25, -0.2) is 13.2 Å². The molecule has 0 radical (unpaired) electrons. The van der Waals surface area contributed by atoms with Crippen LogP contribution in [0.3, 0.4) is 0 Å². The van der Waals surface area contributed by atoms with Crippen LogP contribution in [0.25, 0.3) is 0 Å². The number of carboxylic acids is 1. The van der Waals surface area contributed by atoms with E-state index < -0.39 is 28.5 Å². The van der Waals surface area contributed by atoms with Crippen LogP contribution >= 0.6 is 0 Å². The zero-order chi connectivity index (χ0) is 13.5. The van der Waals surface area contributed by atoms with E-state index in [0.717, 1.165) is 6.26 Å². The third kappa shape index (κ3) is 2.21. The Hall–Kier alpha value is -1.54. The Kier molecular flexibility index (Phi) is 3.08. The Labute approximate surface area is 104 Å². The highest BCUT2D eigenvalue weighted by molar-refractivity contribution is 7.90. The highest BCUT2D eigenvalue weighted by Crippen LogP contribution is 2.34. The van der Waals surface area contributed by atoms with Gasteiger partial charge in [0.25, 0.3) is 0 Å². The lowest BCUT2D eigenvalue weighted by Gasteiger charge is -2.22. The highest BCUT2D eigenvalue weighted by atomic mass is 32.2. The number of carboxylic acid groups (broad SMARTS) is 1. The van der Waals surface area contributed by atoms with Crippen molar-refractivity contribution in [3.63, 3.8) is 0 Å². The van der Waals surface area contributed by atoms with Crippen LogP contribution in [0, 0.1) is 0 Å². The molecular weight excluding hydrogens is 259 g/mol. The van der Waals surface area contributed by atoms with Gasteiger partial charge in [0.2, 0.25) is 0 Å². The minimum Gasteiger partial charge on any atom is -0.535 e. The van der Waals surface area contributed by atoms with Gasteiger partial charge in [0, 0.05) is 6.26 Å². The van der Waals surface area contributed by atoms with Crippen LogP contribution in [0.5, 0.6) is 5.75 Å². The fourth-order valence-electron chi connectivity index (χ4n) is 1.92. The second-order valence-corrected chi connectivity index (χ2v) is 6.10. The van der Waals surface area contributed by atoms with Crippen LogP contribution in [0.2, 0.25) is 6.32 Å². The molecule has 0 saturated carbocycles. The van der Waals surface area contributed by atoms with Gasteiger partial charge in [-0.2, -0.15) is 0 Å². The van der Waals surface area contributed by atoms with Crippen LogP contribution in [-0.4, -0.2) is 37.9 Å². The maximum Gasteiger partial charge on any atom is 0.522 e. The number of hydrogen-bond acceptors (Lipinski definition) is 5. The standard InChI is InChI=1S/C10H11BO6S/c1-18(15,16)7-3-2-6-4-5-11(14)17-9(6)8(7)10(12)13/h2-3,14H,4-5H2,1H3,(H,12,13). The summed E-state index contributed by atoms with van der Waals surface area (Å²) in [5.74, 6) is -1.44. The molecule has 2 rings (SSSR count). The number of hydrogen-bond donors (Lipinski definition) is 2. The minimum atomic E-state index is -3.67. The first-order chi connectivity index (χ1) is 8.30. The summed E-state index contributed by atoms with van der Waals surface area (Å²) in [5.41, 5.74) is 0.179. The summed E-state index contributed by atoms with van der Waals surface area (Å²) in [5, 5.41) is 18.5. The molecule has 0 bridgehead atoms. The molecule has 1 aliphatic heterocycles. The van der Waals surface area contributed by atoms with E-state index in [2.05, 4.69) is 0 Å². The maximum absolute atomic E-state index is 11.5. The van der Waals surface area contributed by atoms with Gasteiger partial charge in [-0.1, -0.05) is 6.07 Å². The molecule has 0 atom stereocenters. The van der Waals surface area contributed by atoms with Crippen molar-refractivity contribution < 1.29 is 28.0 Å². The van der Waals surface area contributed by atoms with Crippen LogP contribution in [0.1, 0.15) is 15.9 Å². The van der Waals surface area contributed by atoms with E-state index in [-0.39, 0.29) is 10.6 Å². The Morgan fingerprint density at radius 3 is 2.67 bits per heavy atom. The van der Waals surface area contributed by atoms with Crippen molar-refractivity contribution in [2.45, 2.75) is 17.6 Å². The molecule has 1 aromatic carbocycles. The molecule has 1 aliphatic rings. The second kappa shape index (κ2) is 4.29. The third-order valence-electron chi connectivity index (χ3n) is 2.73. The van der Waals surface area contributed by atoms with Crippen molar-refractivity contribution in [2.75, 3.05) is 6.26 Å². The van der Waals surface area contributed by atoms with Gasteiger partial charge in [-0.05, 0) is 24.4 Å². The summed E-state index contributed by atoms with van der Waals surface area (Å²) in [7, 11) is -4.78. The van der Waals surface area contributed by atoms with Gasteiger partial charge in [0.05, 0.1) is 4.90 Å². The average molecular weight is 270 g/mol. The molecule has 1 aromatic rings. The zero-order valence-electron chi connectivity index (χ0n) is 9.58. The van der Waals surface area contributed by atoms with E-state index in [9.17, 15) is 18.2 Å². The quantitative estimate of drug-likeness (QED) is 0.744. The molecule has 0 amide bonds. The summed E-state index contributed by atoms with van der Waals surface area (Å²) < 4.78 is 28.2. The predicted octanol–water partition coefficient (Wildman–Crippen LogP) is 0.204. The lowest BCUT2D eigenvalue weighted by molar-refractivity contribution is 0.0690. The fraction of sp³-hybridized carbons (Fsp3) is 0.300. The first-order valence-electron chi connectivity index (χ1n) is 5.24. The topological polar surface area (TPSA) is 101 Å². The first-order valence-corrected chi connectivity index (χ1v) is 7.14. The smallest absolute Gasteiger partial charge is 0.522 e. The largest absolute Gasteiger partial charge is 0.535 e. The molecule has 18 heavy (non-hydrogen) atoms. The Balaban J connectivity index is 2.73. The van der Waals surface area contributed by atoms with Crippen molar-refractivity contribution in [1.29, 1.82) is 0 Å². The van der Waals surface area contributed by atoms with E-state index in [1.165, 1.54) is 12.1 Å². The summed E-state index contributed by atoms with van der Waals surface area (Å²) in [6.45, 7) is 0. The van der Waals surface area contributed by atoms with Crippen molar-refractivity contribution in [3.05, 3.63) is 23.3 Å². The molecule has 6 nitrogen and oxygen atoms in total. The van der Waals surface area contributed by atoms with Gasteiger partial charge in [-0.3, -0.25) is 0 Å². The molecule has 2 N–H and O–H groups in total. The van der Waals surface area contributed by atoms with Crippen LogP contribution < -0.4 is 4.65 Å². The van der Waals surface area contributed by atoms with Crippen LogP contribution in [0.4, 0.5) is 0 Å². The monoisotopic (exact) mass is 270 g/mol. The fourth-order valence-corrected chi connectivity index (χ4v) is 2.79. The number of carbonyl (C=O) groups is 1. The van der Waals surface area contributed by atoms with E-state index in [0.29, 0.717) is 18.3 Å². The highest BCUT2D eigenvalue weighted by Gasteiger charge is 2.31. The van der Waals surface area contributed by atoms with Crippen molar-refractivity contribution in [1.82, 2.24) is 0 Å². The summed E-state index contributed by atoms with van der Waals surface area (Å²) >= 11 is 0. The SMILES string of the molecule is CS(=O)(=O)c1ccc2c(c1C(=O)O)OB(O)CC2. The van der Waals surface area contributed by atoms with E-state index in [1.54, 1.807) is 0 Å². The summed E-state index contributed by atoms with van der Waals surface area (Å²) in [6.07, 6.45) is 1.73. The number of aromatic carboxylic acids is 1. The lowest BCUT2D eigenvalue weighted by atomic mass is 9.78. The Bertz CT molecular complexity index is 609. The van der Waals surface area contributed by atoms with Crippen molar-refractivity contribution >= 4 is 22.9 Å². The van der Waals surface area contributed by atoms with Crippen LogP contribution in [0.15, 0.2) is 17.0 Å². The number of aryl methyl sites for hydroxylation is 1. The Morgan fingerprint density at radius 2 is 2.11 bits per heavy atom. The molecule has 0 spiro atoms. The van der Waals surface area contributed by atoms with E-state index >= 15 is 0 Å². The molecule has 96 valence electrons. The first kappa shape index (κ1) is 12.9. The third-order valence-corrected chi connectivity index (χ3v) is 3.87. The molecule has 0 aromatic heterocycles.